The lowest BCUT2D eigenvalue weighted by atomic mass is 10.0. The van der Waals surface area contributed by atoms with Crippen LogP contribution in [0, 0.1) is 13.8 Å². The summed E-state index contributed by atoms with van der Waals surface area (Å²) in [5.41, 5.74) is 5.81. The fourth-order valence-corrected chi connectivity index (χ4v) is 2.64. The number of aryl methyl sites for hydroxylation is 2. The number of hydrogen-bond donors (Lipinski definition) is 0. The van der Waals surface area contributed by atoms with E-state index in [1.165, 1.54) is 22.1 Å². The largest absolute Gasteiger partial charge is 0.456 e. The van der Waals surface area contributed by atoms with E-state index in [0.717, 1.165) is 23.3 Å². The van der Waals surface area contributed by atoms with E-state index in [0.29, 0.717) is 0 Å². The van der Waals surface area contributed by atoms with Gasteiger partial charge in [-0.25, -0.2) is 0 Å². The fraction of sp³-hybridized carbons (Fsp3) is 0.158. The third-order valence-corrected chi connectivity index (χ3v) is 3.50. The lowest BCUT2D eigenvalue weighted by Crippen LogP contribution is -1.83. The molecule has 0 saturated heterocycles. The molecule has 3 rings (SSSR count). The Hall–Kier alpha value is -2.28. The summed E-state index contributed by atoms with van der Waals surface area (Å²) in [6.45, 7) is 8.04. The topological polar surface area (TPSA) is 13.1 Å². The van der Waals surface area contributed by atoms with Gasteiger partial charge >= 0.3 is 0 Å². The molecule has 1 aromatic heterocycles. The number of allylic oxidation sites excluding steroid dienone is 1. The van der Waals surface area contributed by atoms with E-state index >= 15 is 0 Å². The number of furan rings is 1. The minimum absolute atomic E-state index is 0.832. The van der Waals surface area contributed by atoms with Crippen LogP contribution in [0.5, 0.6) is 0 Å². The average Bonchev–Trinajstić information content (AvgIpc) is 2.83. The molecule has 0 radical (unpaired) electrons. The van der Waals surface area contributed by atoms with E-state index in [1.807, 2.05) is 6.08 Å². The van der Waals surface area contributed by atoms with Gasteiger partial charge in [0, 0.05) is 10.9 Å². The molecule has 0 amide bonds. The van der Waals surface area contributed by atoms with Gasteiger partial charge in [-0.2, -0.15) is 0 Å². The highest BCUT2D eigenvalue weighted by Crippen LogP contribution is 2.31. The van der Waals surface area contributed by atoms with Crippen LogP contribution in [0.25, 0.3) is 22.3 Å². The fourth-order valence-electron chi connectivity index (χ4n) is 2.64. The summed E-state index contributed by atoms with van der Waals surface area (Å²) in [7, 11) is 0. The number of hydrogen-bond acceptors (Lipinski definition) is 1. The molecule has 0 spiro atoms. The highest BCUT2D eigenvalue weighted by molar-refractivity contribution is 5.86. The molecule has 0 atom stereocenters. The Labute approximate surface area is 119 Å². The van der Waals surface area contributed by atoms with Crippen molar-refractivity contribution in [3.8, 4) is 11.3 Å². The Morgan fingerprint density at radius 3 is 2.65 bits per heavy atom. The number of rotatable bonds is 3. The van der Waals surface area contributed by atoms with Gasteiger partial charge in [-0.3, -0.25) is 0 Å². The van der Waals surface area contributed by atoms with Crippen molar-refractivity contribution in [2.45, 2.75) is 20.3 Å². The molecule has 2 aromatic carbocycles. The maximum atomic E-state index is 6.10. The van der Waals surface area contributed by atoms with Crippen LogP contribution in [-0.4, -0.2) is 0 Å². The van der Waals surface area contributed by atoms with Gasteiger partial charge in [0.15, 0.2) is 0 Å². The maximum absolute atomic E-state index is 6.10. The van der Waals surface area contributed by atoms with Crippen LogP contribution >= 0.6 is 0 Å². The monoisotopic (exact) mass is 262 g/mol. The van der Waals surface area contributed by atoms with E-state index < -0.39 is 0 Å². The quantitative estimate of drug-likeness (QED) is 0.572. The second-order valence-corrected chi connectivity index (χ2v) is 5.32. The molecule has 20 heavy (non-hydrogen) atoms. The van der Waals surface area contributed by atoms with E-state index in [9.17, 15) is 0 Å². The van der Waals surface area contributed by atoms with E-state index in [2.05, 4.69) is 62.9 Å². The highest BCUT2D eigenvalue weighted by Gasteiger charge is 2.10. The maximum Gasteiger partial charge on any atom is 0.138 e. The predicted octanol–water partition coefficient (Wildman–Crippen LogP) is 5.45. The number of fused-ring (bicyclic) bond motifs is 1. The van der Waals surface area contributed by atoms with Crippen molar-refractivity contribution in [2.24, 2.45) is 0 Å². The predicted molar refractivity (Wildman–Crippen MR) is 85.0 cm³/mol. The van der Waals surface area contributed by atoms with Crippen molar-refractivity contribution < 1.29 is 4.42 Å². The molecule has 0 fully saturated rings. The summed E-state index contributed by atoms with van der Waals surface area (Å²) in [6.07, 6.45) is 2.75. The molecule has 0 N–H and O–H groups in total. The van der Waals surface area contributed by atoms with Gasteiger partial charge in [-0.05, 0) is 49.6 Å². The Bertz CT molecular complexity index is 778. The van der Waals surface area contributed by atoms with Crippen LogP contribution < -0.4 is 0 Å². The molecule has 0 aliphatic rings. The first-order chi connectivity index (χ1) is 9.67. The highest BCUT2D eigenvalue weighted by atomic mass is 16.3. The molecule has 1 heteroatoms. The first-order valence-corrected chi connectivity index (χ1v) is 6.88. The zero-order chi connectivity index (χ0) is 14.1. The summed E-state index contributed by atoms with van der Waals surface area (Å²) in [4.78, 5) is 0. The molecule has 0 aliphatic carbocycles. The van der Waals surface area contributed by atoms with Crippen LogP contribution in [0.15, 0.2) is 59.5 Å². The van der Waals surface area contributed by atoms with Gasteiger partial charge in [0.25, 0.3) is 0 Å². The summed E-state index contributed by atoms with van der Waals surface area (Å²) in [6, 6.07) is 14.9. The summed E-state index contributed by atoms with van der Waals surface area (Å²) in [5, 5.41) is 1.17. The van der Waals surface area contributed by atoms with E-state index in [4.69, 9.17) is 4.42 Å². The van der Waals surface area contributed by atoms with Crippen molar-refractivity contribution in [1.29, 1.82) is 0 Å². The average molecular weight is 262 g/mol. The van der Waals surface area contributed by atoms with Gasteiger partial charge in [-0.15, -0.1) is 6.58 Å². The first kappa shape index (κ1) is 12.7. The summed E-state index contributed by atoms with van der Waals surface area (Å²) in [5.74, 6) is 0.930. The number of benzene rings is 2. The minimum Gasteiger partial charge on any atom is -0.456 e. The lowest BCUT2D eigenvalue weighted by molar-refractivity contribution is 0.627. The third kappa shape index (κ3) is 2.27. The second-order valence-electron chi connectivity index (χ2n) is 5.32. The van der Waals surface area contributed by atoms with Crippen LogP contribution in [-0.2, 0) is 6.42 Å². The lowest BCUT2D eigenvalue weighted by Gasteiger charge is -2.01. The van der Waals surface area contributed by atoms with Crippen molar-refractivity contribution >= 4 is 11.0 Å². The Morgan fingerprint density at radius 2 is 1.90 bits per heavy atom. The van der Waals surface area contributed by atoms with Crippen molar-refractivity contribution in [2.75, 3.05) is 0 Å². The second kappa shape index (κ2) is 5.01. The molecular formula is C19H18O. The third-order valence-electron chi connectivity index (χ3n) is 3.50. The van der Waals surface area contributed by atoms with Crippen molar-refractivity contribution in [1.82, 2.24) is 0 Å². The SMILES string of the molecule is C=CCc1cc(C)cc2cc(-c3cccc(C)c3)oc12. The van der Waals surface area contributed by atoms with Crippen LogP contribution in [0.4, 0.5) is 0 Å². The molecule has 1 heterocycles. The summed E-state index contributed by atoms with van der Waals surface area (Å²) >= 11 is 0. The molecule has 0 unspecified atom stereocenters. The minimum atomic E-state index is 0.832. The Balaban J connectivity index is 2.19. The zero-order valence-electron chi connectivity index (χ0n) is 11.9. The zero-order valence-corrected chi connectivity index (χ0v) is 11.9. The molecule has 0 saturated carbocycles. The first-order valence-electron chi connectivity index (χ1n) is 6.88. The van der Waals surface area contributed by atoms with Gasteiger partial charge in [0.1, 0.15) is 11.3 Å². The molecule has 1 nitrogen and oxygen atoms in total. The molecule has 0 aliphatic heterocycles. The molecule has 3 aromatic rings. The van der Waals surface area contributed by atoms with Crippen LogP contribution in [0.1, 0.15) is 16.7 Å². The van der Waals surface area contributed by atoms with Gasteiger partial charge in [-0.1, -0.05) is 35.9 Å². The Kier molecular flexibility index (Phi) is 3.19. The van der Waals surface area contributed by atoms with Gasteiger partial charge in [0.2, 0.25) is 0 Å². The normalized spacial score (nSPS) is 10.9. The van der Waals surface area contributed by atoms with Gasteiger partial charge < -0.3 is 4.42 Å². The Morgan fingerprint density at radius 1 is 1.05 bits per heavy atom. The smallest absolute Gasteiger partial charge is 0.138 e. The molecular weight excluding hydrogens is 244 g/mol. The standard InChI is InChI=1S/C19H18O/c1-4-6-16-10-14(3)11-17-12-18(20-19(16)17)15-8-5-7-13(2)9-15/h4-5,7-12H,1,6H2,2-3H3. The van der Waals surface area contributed by atoms with Crippen LogP contribution in [0.2, 0.25) is 0 Å². The molecule has 0 bridgehead atoms. The van der Waals surface area contributed by atoms with Crippen LogP contribution in [0.3, 0.4) is 0 Å². The van der Waals surface area contributed by atoms with E-state index in [-0.39, 0.29) is 0 Å². The molecule has 100 valence electrons. The van der Waals surface area contributed by atoms with Crippen molar-refractivity contribution in [3.63, 3.8) is 0 Å². The summed E-state index contributed by atoms with van der Waals surface area (Å²) < 4.78 is 6.10. The van der Waals surface area contributed by atoms with E-state index in [1.54, 1.807) is 0 Å². The van der Waals surface area contributed by atoms with Crippen molar-refractivity contribution in [3.05, 3.63) is 71.8 Å². The van der Waals surface area contributed by atoms with Gasteiger partial charge in [0.05, 0.1) is 0 Å².